The van der Waals surface area contributed by atoms with Crippen LogP contribution in [0.4, 0.5) is 0 Å². The highest BCUT2D eigenvalue weighted by molar-refractivity contribution is 7.93. The monoisotopic (exact) mass is 181 g/mol. The summed E-state index contributed by atoms with van der Waals surface area (Å²) in [6.45, 7) is 2.62. The van der Waals surface area contributed by atoms with Crippen LogP contribution in [0.15, 0.2) is 27.5 Å². The van der Waals surface area contributed by atoms with Gasteiger partial charge in [0.15, 0.2) is 0 Å². The molecule has 0 saturated heterocycles. The molecule has 2 rings (SSSR count). The van der Waals surface area contributed by atoms with Crippen LogP contribution in [0.25, 0.3) is 0 Å². The summed E-state index contributed by atoms with van der Waals surface area (Å²) >= 11 is 0. The summed E-state index contributed by atoms with van der Waals surface area (Å²) in [5, 5.41) is 0. The van der Waals surface area contributed by atoms with Crippen molar-refractivity contribution in [2.24, 2.45) is 4.36 Å². The van der Waals surface area contributed by atoms with Gasteiger partial charge in [0.2, 0.25) is 0 Å². The quantitative estimate of drug-likeness (QED) is 0.601. The number of hydrogen-bond acceptors (Lipinski definition) is 2. The third-order valence-corrected chi connectivity index (χ3v) is 3.93. The second-order valence-electron chi connectivity index (χ2n) is 3.20. The van der Waals surface area contributed by atoms with Gasteiger partial charge in [-0.3, -0.25) is 0 Å². The van der Waals surface area contributed by atoms with Crippen LogP contribution < -0.4 is 0 Å². The molecule has 0 aromatic heterocycles. The molecule has 1 atom stereocenters. The first-order chi connectivity index (χ1) is 5.59. The molecule has 0 radical (unpaired) electrons. The van der Waals surface area contributed by atoms with Crippen molar-refractivity contribution in [3.63, 3.8) is 0 Å². The smallest absolute Gasteiger partial charge is 0.0750 e. The molecule has 0 bridgehead atoms. The minimum Gasteiger partial charge on any atom is -0.245 e. The lowest BCUT2D eigenvalue weighted by Gasteiger charge is -2.01. The Morgan fingerprint density at radius 1 is 1.50 bits per heavy atom. The molecule has 1 aliphatic rings. The zero-order valence-corrected chi connectivity index (χ0v) is 8.02. The van der Waals surface area contributed by atoms with Gasteiger partial charge in [-0.1, -0.05) is 12.1 Å². The van der Waals surface area contributed by atoms with Gasteiger partial charge in [0.1, 0.15) is 0 Å². The Bertz CT molecular complexity index is 442. The molecule has 1 aliphatic heterocycles. The third-order valence-electron chi connectivity index (χ3n) is 2.11. The van der Waals surface area contributed by atoms with Gasteiger partial charge in [-0.05, 0) is 24.1 Å². The minimum atomic E-state index is -2.05. The number of rotatable bonds is 0. The molecular weight excluding hydrogens is 170 g/mol. The average molecular weight is 181 g/mol. The van der Waals surface area contributed by atoms with Crippen molar-refractivity contribution in [2.75, 3.05) is 6.26 Å². The first kappa shape index (κ1) is 7.80. The van der Waals surface area contributed by atoms with Crippen LogP contribution in [0.2, 0.25) is 0 Å². The summed E-state index contributed by atoms with van der Waals surface area (Å²) in [5.74, 6) is 0. The highest BCUT2D eigenvalue weighted by atomic mass is 32.2. The number of benzene rings is 1. The summed E-state index contributed by atoms with van der Waals surface area (Å²) in [6, 6.07) is 6.04. The maximum atomic E-state index is 11.8. The fraction of sp³-hybridized carbons (Fsp3) is 0.333. The number of nitrogens with zero attached hydrogens (tertiary/aromatic N) is 1. The van der Waals surface area contributed by atoms with Gasteiger partial charge in [-0.2, -0.15) is 0 Å². The van der Waals surface area contributed by atoms with E-state index in [0.29, 0.717) is 6.54 Å². The topological polar surface area (TPSA) is 29.4 Å². The lowest BCUT2D eigenvalue weighted by molar-refractivity contribution is 0.681. The minimum absolute atomic E-state index is 0.616. The van der Waals surface area contributed by atoms with Crippen LogP contribution in [0.5, 0.6) is 0 Å². The molecule has 0 aliphatic carbocycles. The highest BCUT2D eigenvalue weighted by Gasteiger charge is 2.17. The number of aryl methyl sites for hydroxylation is 1. The molecule has 1 heterocycles. The van der Waals surface area contributed by atoms with E-state index in [0.717, 1.165) is 16.0 Å². The van der Waals surface area contributed by atoms with E-state index < -0.39 is 9.73 Å². The predicted octanol–water partition coefficient (Wildman–Crippen LogP) is 1.97. The molecule has 0 saturated carbocycles. The van der Waals surface area contributed by atoms with Gasteiger partial charge in [0.05, 0.1) is 21.2 Å². The maximum absolute atomic E-state index is 11.8. The highest BCUT2D eigenvalue weighted by Crippen LogP contribution is 2.26. The van der Waals surface area contributed by atoms with E-state index in [1.54, 1.807) is 6.26 Å². The lowest BCUT2D eigenvalue weighted by Crippen LogP contribution is -1.94. The Labute approximate surface area is 72.8 Å². The first-order valence-corrected chi connectivity index (χ1v) is 5.79. The Morgan fingerprint density at radius 3 is 3.00 bits per heavy atom. The standard InChI is InChI=1S/C9H11NOS/c1-7-3-4-8-6-10-12(2,11)9(8)5-7/h3-5H,6H2,1-2H3. The van der Waals surface area contributed by atoms with Gasteiger partial charge in [0, 0.05) is 6.26 Å². The van der Waals surface area contributed by atoms with Crippen LogP contribution in [0.1, 0.15) is 11.1 Å². The van der Waals surface area contributed by atoms with Gasteiger partial charge >= 0.3 is 0 Å². The van der Waals surface area contributed by atoms with Crippen LogP contribution in [0.3, 0.4) is 0 Å². The normalized spacial score (nSPS) is 26.5. The van der Waals surface area contributed by atoms with Crippen LogP contribution in [0, 0.1) is 6.92 Å². The van der Waals surface area contributed by atoms with Crippen molar-refractivity contribution in [1.82, 2.24) is 0 Å². The molecule has 1 aromatic carbocycles. The second-order valence-corrected chi connectivity index (χ2v) is 5.50. The molecule has 3 heteroatoms. The number of fused-ring (bicyclic) bond motifs is 1. The molecule has 1 aromatic rings. The fourth-order valence-electron chi connectivity index (χ4n) is 1.41. The molecule has 2 nitrogen and oxygen atoms in total. The van der Waals surface area contributed by atoms with Crippen LogP contribution in [-0.4, -0.2) is 10.5 Å². The van der Waals surface area contributed by atoms with Gasteiger partial charge in [-0.25, -0.2) is 8.57 Å². The summed E-state index contributed by atoms with van der Waals surface area (Å²) < 4.78 is 15.9. The van der Waals surface area contributed by atoms with Crippen LogP contribution in [-0.2, 0) is 16.3 Å². The van der Waals surface area contributed by atoms with E-state index in [2.05, 4.69) is 4.36 Å². The molecule has 0 amide bonds. The van der Waals surface area contributed by atoms with Crippen molar-refractivity contribution < 1.29 is 4.21 Å². The Hall–Kier alpha value is -0.830. The van der Waals surface area contributed by atoms with E-state index in [-0.39, 0.29) is 0 Å². The summed E-state index contributed by atoms with van der Waals surface area (Å²) in [7, 11) is -2.05. The van der Waals surface area contributed by atoms with Crippen molar-refractivity contribution >= 4 is 9.73 Å². The zero-order valence-electron chi connectivity index (χ0n) is 7.20. The molecule has 0 N–H and O–H groups in total. The molecule has 0 fully saturated rings. The first-order valence-electron chi connectivity index (χ1n) is 3.87. The van der Waals surface area contributed by atoms with E-state index in [9.17, 15) is 4.21 Å². The van der Waals surface area contributed by atoms with Crippen molar-refractivity contribution in [3.8, 4) is 0 Å². The molecular formula is C9H11NOS. The molecule has 64 valence electrons. The Morgan fingerprint density at radius 2 is 2.25 bits per heavy atom. The fourth-order valence-corrected chi connectivity index (χ4v) is 2.96. The average Bonchev–Trinajstić information content (AvgIpc) is 2.28. The summed E-state index contributed by atoms with van der Waals surface area (Å²) in [5.41, 5.74) is 2.27. The molecule has 1 unspecified atom stereocenters. The van der Waals surface area contributed by atoms with Crippen molar-refractivity contribution in [2.45, 2.75) is 18.4 Å². The van der Waals surface area contributed by atoms with E-state index >= 15 is 0 Å². The van der Waals surface area contributed by atoms with Crippen LogP contribution >= 0.6 is 0 Å². The van der Waals surface area contributed by atoms with Crippen molar-refractivity contribution in [1.29, 1.82) is 0 Å². The van der Waals surface area contributed by atoms with Gasteiger partial charge in [0.25, 0.3) is 0 Å². The van der Waals surface area contributed by atoms with Gasteiger partial charge < -0.3 is 0 Å². The molecule has 12 heavy (non-hydrogen) atoms. The summed E-state index contributed by atoms with van der Waals surface area (Å²) in [6.07, 6.45) is 1.71. The second kappa shape index (κ2) is 2.33. The Kier molecular flexibility index (Phi) is 1.51. The van der Waals surface area contributed by atoms with E-state index in [1.165, 1.54) is 0 Å². The maximum Gasteiger partial charge on any atom is 0.0750 e. The third kappa shape index (κ3) is 1.05. The van der Waals surface area contributed by atoms with Crippen molar-refractivity contribution in [3.05, 3.63) is 29.3 Å². The largest absolute Gasteiger partial charge is 0.245 e. The van der Waals surface area contributed by atoms with E-state index in [1.807, 2.05) is 25.1 Å². The predicted molar refractivity (Wildman–Crippen MR) is 49.6 cm³/mol. The summed E-state index contributed by atoms with van der Waals surface area (Å²) in [4.78, 5) is 0.933. The Balaban J connectivity index is 2.74. The SMILES string of the molecule is Cc1ccc2c(c1)S(C)(=O)=NC2. The zero-order chi connectivity index (χ0) is 8.77. The van der Waals surface area contributed by atoms with E-state index in [4.69, 9.17) is 0 Å². The number of hydrogen-bond donors (Lipinski definition) is 0. The molecule has 0 spiro atoms. The lowest BCUT2D eigenvalue weighted by atomic mass is 10.1. The van der Waals surface area contributed by atoms with Gasteiger partial charge in [-0.15, -0.1) is 0 Å².